The van der Waals surface area contributed by atoms with Gasteiger partial charge in [0.05, 0.1) is 0 Å². The molecule has 0 aliphatic carbocycles. The van der Waals surface area contributed by atoms with Crippen LogP contribution in [0.2, 0.25) is 0 Å². The Morgan fingerprint density at radius 2 is 2.33 bits per heavy atom. The number of rotatable bonds is 3. The van der Waals surface area contributed by atoms with Crippen LogP contribution >= 0.6 is 15.9 Å². The van der Waals surface area contributed by atoms with Crippen LogP contribution in [0.15, 0.2) is 27.8 Å². The molecule has 0 bridgehead atoms. The molecule has 1 rings (SSSR count). The highest BCUT2D eigenvalue weighted by molar-refractivity contribution is 9.10. The molecule has 0 saturated carbocycles. The predicted octanol–water partition coefficient (Wildman–Crippen LogP) is 3.62. The second-order valence-corrected chi connectivity index (χ2v) is 3.56. The van der Waals surface area contributed by atoms with E-state index in [-0.39, 0.29) is 6.54 Å². The lowest BCUT2D eigenvalue weighted by Gasteiger charge is -2.01. The van der Waals surface area contributed by atoms with Crippen molar-refractivity contribution in [3.63, 3.8) is 0 Å². The minimum Gasteiger partial charge on any atom is -0.504 e. The maximum absolute atomic E-state index is 13.0. The molecule has 0 atom stereocenters. The summed E-state index contributed by atoms with van der Waals surface area (Å²) in [6.07, 6.45) is 3.01. The van der Waals surface area contributed by atoms with E-state index in [0.29, 0.717) is 10.0 Å². The van der Waals surface area contributed by atoms with Gasteiger partial charge in [0.25, 0.3) is 0 Å². The Morgan fingerprint density at radius 3 is 3.00 bits per heavy atom. The van der Waals surface area contributed by atoms with Crippen LogP contribution in [0.4, 0.5) is 4.39 Å². The van der Waals surface area contributed by atoms with Gasteiger partial charge in [-0.3, -0.25) is 0 Å². The first-order chi connectivity index (χ1) is 7.15. The number of phenolic OH excluding ortho intramolecular Hbond substituents is 1. The molecule has 0 radical (unpaired) electrons. The Morgan fingerprint density at radius 1 is 1.60 bits per heavy atom. The monoisotopic (exact) mass is 271 g/mol. The summed E-state index contributed by atoms with van der Waals surface area (Å²) in [6.45, 7) is 0.157. The van der Waals surface area contributed by atoms with Crippen LogP contribution in [0, 0.1) is 5.82 Å². The van der Waals surface area contributed by atoms with Crippen molar-refractivity contribution in [3.8, 4) is 5.75 Å². The zero-order chi connectivity index (χ0) is 11.3. The van der Waals surface area contributed by atoms with Gasteiger partial charge in [0.2, 0.25) is 0 Å². The van der Waals surface area contributed by atoms with Gasteiger partial charge in [-0.2, -0.15) is 0 Å². The van der Waals surface area contributed by atoms with E-state index in [9.17, 15) is 9.50 Å². The van der Waals surface area contributed by atoms with E-state index >= 15 is 0 Å². The summed E-state index contributed by atoms with van der Waals surface area (Å²) in [5.41, 5.74) is 8.34. The molecule has 6 heteroatoms. The van der Waals surface area contributed by atoms with E-state index < -0.39 is 11.6 Å². The molecule has 0 spiro atoms. The lowest BCUT2D eigenvalue weighted by atomic mass is 10.2. The Bertz CT molecular complexity index is 441. The zero-order valence-corrected chi connectivity index (χ0v) is 9.15. The average Bonchev–Trinajstić information content (AvgIpc) is 2.19. The number of benzene rings is 1. The molecule has 0 aromatic heterocycles. The molecule has 0 heterocycles. The van der Waals surface area contributed by atoms with Crippen molar-refractivity contribution in [1.82, 2.24) is 0 Å². The molecule has 4 nitrogen and oxygen atoms in total. The van der Waals surface area contributed by atoms with Gasteiger partial charge < -0.3 is 5.11 Å². The Hall–Kier alpha value is -1.52. The summed E-state index contributed by atoms with van der Waals surface area (Å²) >= 11 is 3.10. The number of aromatic hydroxyl groups is 1. The quantitative estimate of drug-likeness (QED) is 0.509. The second-order valence-electron chi connectivity index (χ2n) is 2.64. The molecule has 0 unspecified atom stereocenters. The fourth-order valence-corrected chi connectivity index (χ4v) is 1.42. The lowest BCUT2D eigenvalue weighted by Crippen LogP contribution is -1.82. The number of halogens is 2. The van der Waals surface area contributed by atoms with Crippen LogP contribution < -0.4 is 0 Å². The highest BCUT2D eigenvalue weighted by Gasteiger charge is 2.05. The molecule has 78 valence electrons. The fraction of sp³-hybridized carbons (Fsp3) is 0.111. The number of hydrogen-bond donors (Lipinski definition) is 1. The van der Waals surface area contributed by atoms with Crippen molar-refractivity contribution in [1.29, 1.82) is 0 Å². The normalized spacial score (nSPS) is 10.3. The molecule has 1 aromatic rings. The average molecular weight is 272 g/mol. The van der Waals surface area contributed by atoms with E-state index in [2.05, 4.69) is 26.0 Å². The van der Waals surface area contributed by atoms with Crippen molar-refractivity contribution in [2.24, 2.45) is 5.11 Å². The summed E-state index contributed by atoms with van der Waals surface area (Å²) < 4.78 is 13.5. The van der Waals surface area contributed by atoms with Crippen molar-refractivity contribution in [2.45, 2.75) is 0 Å². The van der Waals surface area contributed by atoms with E-state index in [1.807, 2.05) is 0 Å². The van der Waals surface area contributed by atoms with Gasteiger partial charge in [-0.25, -0.2) is 4.39 Å². The Labute approximate surface area is 93.8 Å². The first kappa shape index (κ1) is 11.6. The number of phenols is 1. The minimum atomic E-state index is -0.701. The summed E-state index contributed by atoms with van der Waals surface area (Å²) in [5, 5.41) is 12.6. The Balaban J connectivity index is 2.94. The predicted molar refractivity (Wildman–Crippen MR) is 58.8 cm³/mol. The van der Waals surface area contributed by atoms with Crippen LogP contribution in [0.25, 0.3) is 16.5 Å². The van der Waals surface area contributed by atoms with Gasteiger partial charge in [-0.1, -0.05) is 33.2 Å². The van der Waals surface area contributed by atoms with Crippen LogP contribution in [0.3, 0.4) is 0 Å². The third-order valence-electron chi connectivity index (χ3n) is 1.61. The van der Waals surface area contributed by atoms with Crippen LogP contribution in [0.5, 0.6) is 5.75 Å². The van der Waals surface area contributed by atoms with Crippen LogP contribution in [-0.4, -0.2) is 11.7 Å². The lowest BCUT2D eigenvalue weighted by molar-refractivity contribution is 0.431. The van der Waals surface area contributed by atoms with Gasteiger partial charge in [0, 0.05) is 21.5 Å². The maximum Gasteiger partial charge on any atom is 0.166 e. The maximum atomic E-state index is 13.0. The largest absolute Gasteiger partial charge is 0.504 e. The molecule has 1 N–H and O–H groups in total. The summed E-state index contributed by atoms with van der Waals surface area (Å²) in [5.74, 6) is -1.12. The topological polar surface area (TPSA) is 69.0 Å². The van der Waals surface area contributed by atoms with E-state index in [0.717, 1.165) is 0 Å². The highest BCUT2D eigenvalue weighted by Crippen LogP contribution is 2.26. The SMILES string of the molecule is [N-]=[N+]=NCC=Cc1cc(Br)cc(F)c1O. The molecule has 15 heavy (non-hydrogen) atoms. The molecule has 0 amide bonds. The summed E-state index contributed by atoms with van der Waals surface area (Å²) in [6, 6.07) is 2.73. The summed E-state index contributed by atoms with van der Waals surface area (Å²) in [7, 11) is 0. The van der Waals surface area contributed by atoms with Crippen LogP contribution in [-0.2, 0) is 0 Å². The first-order valence-corrected chi connectivity index (χ1v) is 4.80. The second kappa shape index (κ2) is 5.38. The number of nitrogens with zero attached hydrogens (tertiary/aromatic N) is 3. The van der Waals surface area contributed by atoms with Gasteiger partial charge in [0.1, 0.15) is 0 Å². The van der Waals surface area contributed by atoms with Crippen LogP contribution in [0.1, 0.15) is 5.56 Å². The van der Waals surface area contributed by atoms with Crippen molar-refractivity contribution < 1.29 is 9.50 Å². The van der Waals surface area contributed by atoms with E-state index in [1.54, 1.807) is 6.07 Å². The Kier molecular flexibility index (Phi) is 4.15. The minimum absolute atomic E-state index is 0.157. The number of azide groups is 1. The van der Waals surface area contributed by atoms with Crippen molar-refractivity contribution in [2.75, 3.05) is 6.54 Å². The smallest absolute Gasteiger partial charge is 0.166 e. The molecule has 1 aromatic carbocycles. The fourth-order valence-electron chi connectivity index (χ4n) is 0.976. The van der Waals surface area contributed by atoms with E-state index in [1.165, 1.54) is 18.2 Å². The van der Waals surface area contributed by atoms with Gasteiger partial charge in [-0.05, 0) is 17.7 Å². The van der Waals surface area contributed by atoms with Gasteiger partial charge in [-0.15, -0.1) is 0 Å². The molecular formula is C9H7BrFN3O. The zero-order valence-electron chi connectivity index (χ0n) is 7.56. The van der Waals surface area contributed by atoms with Crippen molar-refractivity contribution in [3.05, 3.63) is 44.5 Å². The molecule has 0 fully saturated rings. The third-order valence-corrected chi connectivity index (χ3v) is 2.06. The standard InChI is InChI=1S/C9H7BrFN3O/c10-7-4-6(2-1-3-13-14-12)9(15)8(11)5-7/h1-2,4-5,15H,3H2. The molecule has 0 saturated heterocycles. The molecular weight excluding hydrogens is 265 g/mol. The summed E-state index contributed by atoms with van der Waals surface area (Å²) in [4.78, 5) is 2.55. The van der Waals surface area contributed by atoms with E-state index in [4.69, 9.17) is 5.53 Å². The third kappa shape index (κ3) is 3.27. The van der Waals surface area contributed by atoms with Gasteiger partial charge >= 0.3 is 0 Å². The molecule has 0 aliphatic heterocycles. The molecule has 0 aliphatic rings. The van der Waals surface area contributed by atoms with Gasteiger partial charge in [0.15, 0.2) is 11.6 Å². The first-order valence-electron chi connectivity index (χ1n) is 4.00. The highest BCUT2D eigenvalue weighted by atomic mass is 79.9. The van der Waals surface area contributed by atoms with Crippen molar-refractivity contribution >= 4 is 22.0 Å². The number of hydrogen-bond acceptors (Lipinski definition) is 2.